The maximum Gasteiger partial charge on any atom is 0.247 e. The zero-order chi connectivity index (χ0) is 54.7. The van der Waals surface area contributed by atoms with Crippen molar-refractivity contribution in [2.75, 3.05) is 24.6 Å². The summed E-state index contributed by atoms with van der Waals surface area (Å²) in [6.45, 7) is 11.4. The average molecular weight is 1060 g/mol. The molecule has 0 aliphatic carbocycles. The number of nitrogens with one attached hydrogen (secondary N) is 8. The van der Waals surface area contributed by atoms with Crippen LogP contribution in [0, 0.1) is 11.8 Å². The summed E-state index contributed by atoms with van der Waals surface area (Å²) < 4.78 is 0. The van der Waals surface area contributed by atoms with E-state index in [1.807, 2.05) is 0 Å². The van der Waals surface area contributed by atoms with E-state index in [1.54, 1.807) is 27.7 Å². The number of phenols is 1. The molecule has 12 amide bonds. The number of carbonyl (C=O) groups excluding carboxylic acids is 12. The molecule has 0 spiro atoms. The van der Waals surface area contributed by atoms with E-state index in [-0.39, 0.29) is 48.1 Å². The van der Waals surface area contributed by atoms with Crippen molar-refractivity contribution in [1.82, 2.24) is 47.4 Å². The molecule has 2 heterocycles. The Morgan fingerprint density at radius 2 is 1.40 bits per heavy atom. The molecule has 0 bridgehead atoms. The third-order valence-corrected chi connectivity index (χ3v) is 14.4. The van der Waals surface area contributed by atoms with Crippen molar-refractivity contribution in [2.24, 2.45) is 29.0 Å². The predicted octanol–water partition coefficient (Wildman–Crippen LogP) is -3.27. The van der Waals surface area contributed by atoms with E-state index < -0.39 is 151 Å². The highest BCUT2D eigenvalue weighted by Gasteiger charge is 2.41. The first-order valence-electron chi connectivity index (χ1n) is 23.6. The summed E-state index contributed by atoms with van der Waals surface area (Å²) in [5, 5.41) is 30.2. The minimum Gasteiger partial charge on any atom is -0.508 e. The van der Waals surface area contributed by atoms with E-state index in [9.17, 15) is 62.6 Å². The molecule has 27 heteroatoms. The molecule has 73 heavy (non-hydrogen) atoms. The number of rotatable bonds is 18. The zero-order valence-corrected chi connectivity index (χ0v) is 43.0. The molecule has 1 aromatic carbocycles. The van der Waals surface area contributed by atoms with Crippen LogP contribution in [0.3, 0.4) is 0 Å². The largest absolute Gasteiger partial charge is 0.508 e. The predicted molar refractivity (Wildman–Crippen MR) is 269 cm³/mol. The molecule has 0 aromatic heterocycles. The van der Waals surface area contributed by atoms with Crippen LogP contribution in [-0.2, 0) is 64.0 Å². The first-order valence-corrected chi connectivity index (χ1v) is 26.0. The van der Waals surface area contributed by atoms with Crippen LogP contribution >= 0.6 is 21.6 Å². The summed E-state index contributed by atoms with van der Waals surface area (Å²) >= 11 is 0. The molecule has 2 saturated heterocycles. The molecule has 25 nitrogen and oxygen atoms in total. The summed E-state index contributed by atoms with van der Waals surface area (Å²) in [4.78, 5) is 162. The van der Waals surface area contributed by atoms with Gasteiger partial charge in [-0.1, -0.05) is 74.4 Å². The quantitative estimate of drug-likeness (QED) is 0.0507. The lowest BCUT2D eigenvalue weighted by molar-refractivity contribution is -0.142. The second-order valence-corrected chi connectivity index (χ2v) is 20.6. The Labute approximate surface area is 430 Å². The fraction of sp³-hybridized carbons (Fsp3) is 0.565. The van der Waals surface area contributed by atoms with Crippen molar-refractivity contribution in [3.63, 3.8) is 0 Å². The van der Waals surface area contributed by atoms with Crippen molar-refractivity contribution >= 4 is 92.5 Å². The topological polar surface area (TPSA) is 403 Å². The smallest absolute Gasteiger partial charge is 0.247 e. The van der Waals surface area contributed by atoms with Crippen molar-refractivity contribution in [1.29, 1.82) is 0 Å². The lowest BCUT2D eigenvalue weighted by Gasteiger charge is -2.31. The van der Waals surface area contributed by atoms with Crippen LogP contribution in [-0.4, -0.2) is 154 Å². The zero-order valence-electron chi connectivity index (χ0n) is 41.4. The lowest BCUT2D eigenvalue weighted by atomic mass is 9.96. The number of nitrogens with two attached hydrogens (primary N) is 3. The van der Waals surface area contributed by atoms with Crippen LogP contribution in [0.25, 0.3) is 0 Å². The number of benzene rings is 1. The van der Waals surface area contributed by atoms with Gasteiger partial charge in [0, 0.05) is 37.8 Å². The van der Waals surface area contributed by atoms with E-state index in [0.29, 0.717) is 18.4 Å². The van der Waals surface area contributed by atoms with E-state index in [2.05, 4.69) is 49.1 Å². The molecule has 1 aromatic rings. The van der Waals surface area contributed by atoms with Crippen molar-refractivity contribution in [3.05, 3.63) is 42.0 Å². The van der Waals surface area contributed by atoms with E-state index in [0.717, 1.165) is 28.5 Å². The molecule has 2 fully saturated rings. The third-order valence-electron chi connectivity index (χ3n) is 12.0. The molecule has 3 rings (SSSR count). The van der Waals surface area contributed by atoms with Gasteiger partial charge in [-0.25, -0.2) is 0 Å². The van der Waals surface area contributed by atoms with Gasteiger partial charge in [-0.05, 0) is 54.4 Å². The molecular formula is C46H68N12O13S2. The second kappa shape index (κ2) is 29.0. The molecule has 2 aliphatic heterocycles. The van der Waals surface area contributed by atoms with Gasteiger partial charge in [0.1, 0.15) is 54.1 Å². The van der Waals surface area contributed by atoms with E-state index >= 15 is 0 Å². The fourth-order valence-electron chi connectivity index (χ4n) is 7.59. The normalized spacial score (nSPS) is 23.5. The summed E-state index contributed by atoms with van der Waals surface area (Å²) in [7, 11) is 1.93. The van der Waals surface area contributed by atoms with Gasteiger partial charge >= 0.3 is 0 Å². The van der Waals surface area contributed by atoms with Gasteiger partial charge in [-0.2, -0.15) is 0 Å². The minimum absolute atomic E-state index is 0.00519. The highest BCUT2D eigenvalue weighted by atomic mass is 33.1. The summed E-state index contributed by atoms with van der Waals surface area (Å²) in [5.74, 6) is -12.1. The van der Waals surface area contributed by atoms with Gasteiger partial charge in [0.25, 0.3) is 0 Å². The number of phenolic OH excluding ortho intramolecular Hbond substituents is 1. The Balaban J connectivity index is 2.13. The van der Waals surface area contributed by atoms with Crippen molar-refractivity contribution < 1.29 is 62.6 Å². The van der Waals surface area contributed by atoms with Crippen molar-refractivity contribution in [2.45, 2.75) is 128 Å². The Morgan fingerprint density at radius 1 is 0.795 bits per heavy atom. The monoisotopic (exact) mass is 1060 g/mol. The van der Waals surface area contributed by atoms with Gasteiger partial charge < -0.3 is 69.7 Å². The number of likely N-dealkylation sites (tertiary alicyclic amines) is 1. The van der Waals surface area contributed by atoms with Crippen molar-refractivity contribution in [3.8, 4) is 5.75 Å². The van der Waals surface area contributed by atoms with Gasteiger partial charge in [0.2, 0.25) is 70.9 Å². The molecular weight excluding hydrogens is 993 g/mol. The van der Waals surface area contributed by atoms with Crippen LogP contribution in [0.15, 0.2) is 36.4 Å². The van der Waals surface area contributed by atoms with Gasteiger partial charge in [0.15, 0.2) is 0 Å². The summed E-state index contributed by atoms with van der Waals surface area (Å²) in [6.07, 6.45) is -1.16. The van der Waals surface area contributed by atoms with Crippen LogP contribution in [0.1, 0.15) is 78.7 Å². The maximum atomic E-state index is 14.7. The Hall–Kier alpha value is -6.90. The molecule has 0 radical (unpaired) electrons. The summed E-state index contributed by atoms with van der Waals surface area (Å²) in [6, 6.07) is -5.83. The van der Waals surface area contributed by atoms with Gasteiger partial charge in [0.05, 0.1) is 13.0 Å². The SMILES string of the molecule is C=C(C(C)C)C(NC(=O)C1CCCN1C(=O)C1CSSCC(NC(C)=O)C(=O)NC(Cc2ccc(O)cc2)C(=O)NC(C(C)CC)C(=O)NC(CCC(N)=O)C(=O)NC(CC(N)=O)C(=O)N1)C(=O)NCC(N)=O. The lowest BCUT2D eigenvalue weighted by Crippen LogP contribution is -2.62. The average Bonchev–Trinajstić information content (AvgIpc) is 3.82. The van der Waals surface area contributed by atoms with Crippen LogP contribution in [0.4, 0.5) is 0 Å². The molecule has 0 saturated carbocycles. The van der Waals surface area contributed by atoms with Crippen LogP contribution < -0.4 is 59.7 Å². The number of hydrogen-bond donors (Lipinski definition) is 12. The molecule has 9 unspecified atom stereocenters. The minimum atomic E-state index is -1.80. The number of nitrogens with zero attached hydrogens (tertiary/aromatic N) is 1. The number of carbonyl (C=O) groups is 12. The number of hydrogen-bond acceptors (Lipinski definition) is 15. The Kier molecular flexibility index (Phi) is 24.0. The van der Waals surface area contributed by atoms with Crippen LogP contribution in [0.5, 0.6) is 5.75 Å². The third kappa shape index (κ3) is 19.2. The highest BCUT2D eigenvalue weighted by molar-refractivity contribution is 8.76. The number of amides is 12. The maximum absolute atomic E-state index is 14.7. The Morgan fingerprint density at radius 3 is 1.99 bits per heavy atom. The molecule has 2 aliphatic rings. The van der Waals surface area contributed by atoms with E-state index in [1.165, 1.54) is 29.2 Å². The second-order valence-electron chi connectivity index (χ2n) is 18.0. The van der Waals surface area contributed by atoms with E-state index in [4.69, 9.17) is 17.2 Å². The molecule has 15 N–H and O–H groups in total. The molecule has 9 atom stereocenters. The first kappa shape index (κ1) is 60.4. The van der Waals surface area contributed by atoms with Gasteiger partial charge in [-0.15, -0.1) is 0 Å². The number of primary amides is 3. The standard InChI is InChI=1S/C46H68N12O13S2/c1-7-23(4)37-45(70)52-28(14-15-34(47)61)39(64)54-30(18-35(48)62)40(65)55-32(46(71)58-16-8-9-33(58)43(68)57-38(24(5)22(2)3)44(69)50-19-36(49)63)21-73-72-20-31(51-25(6)59)42(67)53-29(41(66)56-37)17-26-10-12-27(60)13-11-26/h10-13,22-23,28-33,37-38,60H,5,7-9,14-21H2,1-4,6H3,(H2,47,61)(H2,48,62)(H2,49,63)(H,50,69)(H,51,59)(H,52,70)(H,53,67)(H,54,64)(H,55,65)(H,56,66)(H,57,68). The highest BCUT2D eigenvalue weighted by Crippen LogP contribution is 2.27. The fourth-order valence-corrected chi connectivity index (χ4v) is 9.91. The van der Waals surface area contributed by atoms with Gasteiger partial charge in [-0.3, -0.25) is 57.5 Å². The first-order chi connectivity index (χ1) is 34.3. The summed E-state index contributed by atoms with van der Waals surface area (Å²) in [5.41, 5.74) is 16.9. The Bertz CT molecular complexity index is 2250. The number of aromatic hydroxyl groups is 1. The molecule has 402 valence electrons. The van der Waals surface area contributed by atoms with Crippen LogP contribution in [0.2, 0.25) is 0 Å².